The van der Waals surface area contributed by atoms with Gasteiger partial charge in [-0.2, -0.15) is 0 Å². The molecule has 210 valence electrons. The monoisotopic (exact) mass is 541 g/mol. The molecule has 1 unspecified atom stereocenters. The van der Waals surface area contributed by atoms with E-state index in [-0.39, 0.29) is 36.0 Å². The molecule has 2 N–H and O–H groups in total. The molecule has 0 spiro atoms. The summed E-state index contributed by atoms with van der Waals surface area (Å²) in [7, 11) is 0. The van der Waals surface area contributed by atoms with E-state index in [0.717, 1.165) is 0 Å². The molecule has 2 aromatic rings. The zero-order chi connectivity index (χ0) is 28.3. The van der Waals surface area contributed by atoms with Crippen molar-refractivity contribution < 1.29 is 38.4 Å². The molecule has 2 aliphatic carbocycles. The van der Waals surface area contributed by atoms with Crippen molar-refractivity contribution in [3.63, 3.8) is 0 Å². The molecule has 0 aromatic carbocycles. The number of pyridine rings is 1. The normalized spacial score (nSPS) is 36.9. The molecule has 2 fully saturated rings. The van der Waals surface area contributed by atoms with Crippen LogP contribution in [0, 0.1) is 22.7 Å². The molecule has 2 saturated carbocycles. The third-order valence-electron chi connectivity index (χ3n) is 9.45. The van der Waals surface area contributed by atoms with Crippen molar-refractivity contribution in [2.24, 2.45) is 22.7 Å². The number of carbonyl (C=O) groups is 2. The number of ether oxygens (including phenoxy) is 3. The number of rotatable bonds is 4. The Balaban J connectivity index is 1.61. The van der Waals surface area contributed by atoms with E-state index in [9.17, 15) is 24.6 Å². The number of carbonyl (C=O) groups excluding carboxylic acids is 2. The molecule has 5 rings (SSSR count). The van der Waals surface area contributed by atoms with Crippen LogP contribution in [0.25, 0.3) is 11.3 Å². The Kier molecular flexibility index (Phi) is 6.62. The maximum absolute atomic E-state index is 13.3. The van der Waals surface area contributed by atoms with E-state index in [1.54, 1.807) is 37.5 Å². The molecule has 3 heterocycles. The van der Waals surface area contributed by atoms with Crippen molar-refractivity contribution in [2.45, 2.75) is 77.8 Å². The minimum absolute atomic E-state index is 0.00277. The SMILES string of the molecule is CC(=O)OCC1(C)[C@@H](OC(C)=O)CC[C@]2(C)[C@H]3[C@@H](O)c4c(cc(-c5cccnc5)oc4=O)O[C@]3(C)[C@@H](O)C[C@@H]12. The van der Waals surface area contributed by atoms with Gasteiger partial charge in [-0.1, -0.05) is 13.8 Å². The second kappa shape index (κ2) is 9.45. The molecular weight excluding hydrogens is 506 g/mol. The number of hydrogen-bond donors (Lipinski definition) is 2. The van der Waals surface area contributed by atoms with E-state index in [0.29, 0.717) is 18.4 Å². The topological polar surface area (TPSA) is 145 Å². The Morgan fingerprint density at radius 2 is 1.92 bits per heavy atom. The zero-order valence-electron chi connectivity index (χ0n) is 22.8. The Hall–Kier alpha value is -3.24. The van der Waals surface area contributed by atoms with Crippen molar-refractivity contribution in [3.05, 3.63) is 46.6 Å². The summed E-state index contributed by atoms with van der Waals surface area (Å²) in [5, 5.41) is 23.5. The van der Waals surface area contributed by atoms with Gasteiger partial charge in [0.1, 0.15) is 35.4 Å². The summed E-state index contributed by atoms with van der Waals surface area (Å²) in [4.78, 5) is 41.1. The fourth-order valence-corrected chi connectivity index (χ4v) is 7.69. The number of nitrogens with zero attached hydrogens (tertiary/aromatic N) is 1. The summed E-state index contributed by atoms with van der Waals surface area (Å²) in [5.74, 6) is -1.58. The predicted octanol–water partition coefficient (Wildman–Crippen LogP) is 3.18. The molecule has 8 atom stereocenters. The van der Waals surface area contributed by atoms with Crippen molar-refractivity contribution in [1.82, 2.24) is 4.98 Å². The molecule has 0 radical (unpaired) electrons. The van der Waals surface area contributed by atoms with Gasteiger partial charge in [0, 0.05) is 49.2 Å². The van der Waals surface area contributed by atoms with Crippen molar-refractivity contribution in [1.29, 1.82) is 0 Å². The minimum Gasteiger partial charge on any atom is -0.484 e. The zero-order valence-corrected chi connectivity index (χ0v) is 22.8. The van der Waals surface area contributed by atoms with Crippen molar-refractivity contribution in [2.75, 3.05) is 6.61 Å². The molecule has 0 bridgehead atoms. The van der Waals surface area contributed by atoms with Crippen LogP contribution < -0.4 is 10.4 Å². The lowest BCUT2D eigenvalue weighted by atomic mass is 9.42. The quantitative estimate of drug-likeness (QED) is 0.554. The van der Waals surface area contributed by atoms with E-state index in [1.165, 1.54) is 13.8 Å². The Morgan fingerprint density at radius 3 is 2.56 bits per heavy atom. The first kappa shape index (κ1) is 27.3. The van der Waals surface area contributed by atoms with Crippen LogP contribution in [-0.2, 0) is 19.1 Å². The van der Waals surface area contributed by atoms with E-state index in [2.05, 4.69) is 4.98 Å². The highest BCUT2D eigenvalue weighted by atomic mass is 16.6. The van der Waals surface area contributed by atoms with Crippen molar-refractivity contribution >= 4 is 11.9 Å². The molecule has 10 nitrogen and oxygen atoms in total. The second-order valence-electron chi connectivity index (χ2n) is 11.9. The third-order valence-corrected chi connectivity index (χ3v) is 9.45. The Labute approximate surface area is 226 Å². The van der Waals surface area contributed by atoms with E-state index in [1.807, 2.05) is 13.8 Å². The smallest absolute Gasteiger partial charge is 0.345 e. The fraction of sp³-hybridized carbons (Fsp3) is 0.586. The summed E-state index contributed by atoms with van der Waals surface area (Å²) in [6, 6.07) is 5.02. The number of hydrogen-bond acceptors (Lipinski definition) is 10. The van der Waals surface area contributed by atoms with Crippen LogP contribution >= 0.6 is 0 Å². The number of esters is 2. The average molecular weight is 542 g/mol. The van der Waals surface area contributed by atoms with E-state index >= 15 is 0 Å². The highest BCUT2D eigenvalue weighted by Crippen LogP contribution is 2.67. The predicted molar refractivity (Wildman–Crippen MR) is 137 cm³/mol. The first-order valence-corrected chi connectivity index (χ1v) is 13.3. The molecule has 0 saturated heterocycles. The molecular formula is C29H35NO9. The van der Waals surface area contributed by atoms with Gasteiger partial charge in [-0.3, -0.25) is 14.6 Å². The maximum atomic E-state index is 13.3. The lowest BCUT2D eigenvalue weighted by molar-refractivity contribution is -0.267. The van der Waals surface area contributed by atoms with E-state index in [4.69, 9.17) is 18.6 Å². The first-order valence-electron chi connectivity index (χ1n) is 13.3. The second-order valence-corrected chi connectivity index (χ2v) is 11.9. The van der Waals surface area contributed by atoms with Gasteiger partial charge in [0.25, 0.3) is 0 Å². The van der Waals surface area contributed by atoms with Gasteiger partial charge in [0.15, 0.2) is 0 Å². The Morgan fingerprint density at radius 1 is 1.18 bits per heavy atom. The van der Waals surface area contributed by atoms with Gasteiger partial charge >= 0.3 is 17.6 Å². The third kappa shape index (κ3) is 4.24. The van der Waals surface area contributed by atoms with Crippen LogP contribution in [0.1, 0.15) is 65.5 Å². The van der Waals surface area contributed by atoms with Gasteiger partial charge < -0.3 is 28.8 Å². The van der Waals surface area contributed by atoms with Gasteiger partial charge in [0.05, 0.1) is 12.2 Å². The van der Waals surface area contributed by atoms with Crippen LogP contribution in [0.15, 0.2) is 39.8 Å². The largest absolute Gasteiger partial charge is 0.484 e. The lowest BCUT2D eigenvalue weighted by Gasteiger charge is -2.66. The van der Waals surface area contributed by atoms with Gasteiger partial charge in [-0.05, 0) is 49.7 Å². The lowest BCUT2D eigenvalue weighted by Crippen LogP contribution is -2.71. The number of aliphatic hydroxyl groups excluding tert-OH is 2. The molecule has 2 aromatic heterocycles. The summed E-state index contributed by atoms with van der Waals surface area (Å²) in [6.07, 6.45) is 1.46. The summed E-state index contributed by atoms with van der Waals surface area (Å²) in [6.45, 7) is 8.28. The van der Waals surface area contributed by atoms with Crippen LogP contribution in [0.4, 0.5) is 0 Å². The van der Waals surface area contributed by atoms with Gasteiger partial charge in [-0.15, -0.1) is 0 Å². The van der Waals surface area contributed by atoms with Gasteiger partial charge in [-0.25, -0.2) is 4.79 Å². The number of aromatic nitrogens is 1. The average Bonchev–Trinajstić information content (AvgIpc) is 2.86. The standard InChI is InChI=1S/C29H35NO9/c1-15(31)36-14-28(4)20-12-21(33)29(5)25(27(20,3)9-8-22(28)37-16(2)32)24(34)23-19(39-29)11-18(38-26(23)35)17-7-6-10-30-13-17/h6-7,10-11,13,20-22,24-25,33-34H,8-9,12,14H2,1-5H3/t20-,21+,22+,24+,25-,27+,28?,29-/m1/s1. The fourth-order valence-electron chi connectivity index (χ4n) is 7.69. The summed E-state index contributed by atoms with van der Waals surface area (Å²) in [5.41, 5.74) is -2.94. The van der Waals surface area contributed by atoms with Gasteiger partial charge in [0.2, 0.25) is 0 Å². The van der Waals surface area contributed by atoms with Crippen molar-refractivity contribution in [3.8, 4) is 17.1 Å². The van der Waals surface area contributed by atoms with Crippen LogP contribution in [0.2, 0.25) is 0 Å². The summed E-state index contributed by atoms with van der Waals surface area (Å²) < 4.78 is 23.2. The highest BCUT2D eigenvalue weighted by molar-refractivity contribution is 5.67. The number of fused-ring (bicyclic) bond motifs is 4. The van der Waals surface area contributed by atoms with Crippen LogP contribution in [-0.4, -0.2) is 51.6 Å². The molecule has 10 heteroatoms. The minimum atomic E-state index is -1.30. The van der Waals surface area contributed by atoms with Crippen LogP contribution in [0.5, 0.6) is 5.75 Å². The first-order chi connectivity index (χ1) is 18.3. The maximum Gasteiger partial charge on any atom is 0.345 e. The molecule has 1 aliphatic heterocycles. The molecule has 39 heavy (non-hydrogen) atoms. The molecule has 0 amide bonds. The molecule has 3 aliphatic rings. The van der Waals surface area contributed by atoms with E-state index < -0.39 is 58.2 Å². The van der Waals surface area contributed by atoms with Crippen LogP contribution in [0.3, 0.4) is 0 Å². The Bertz CT molecular complexity index is 1340. The highest BCUT2D eigenvalue weighted by Gasteiger charge is 2.69. The number of aliphatic hydroxyl groups is 2. The summed E-state index contributed by atoms with van der Waals surface area (Å²) >= 11 is 0.